The van der Waals surface area contributed by atoms with Crippen molar-refractivity contribution in [2.75, 3.05) is 7.05 Å². The van der Waals surface area contributed by atoms with Crippen molar-refractivity contribution in [3.8, 4) is 11.5 Å². The van der Waals surface area contributed by atoms with Crippen LogP contribution in [0.5, 0.6) is 11.5 Å². The number of phenolic OH excluding ortho intramolecular Hbond substituents is 2. The SMILES string of the molecule is CC(c1ccccc1O)N(C)C(=O)Cc1ccc(O)cc1. The lowest BCUT2D eigenvalue weighted by atomic mass is 10.0. The van der Waals surface area contributed by atoms with Crippen molar-refractivity contribution in [3.05, 3.63) is 59.7 Å². The summed E-state index contributed by atoms with van der Waals surface area (Å²) in [4.78, 5) is 13.9. The number of phenols is 2. The molecule has 4 heteroatoms. The Morgan fingerprint density at radius 1 is 1.10 bits per heavy atom. The Morgan fingerprint density at radius 2 is 1.71 bits per heavy atom. The molecule has 0 aliphatic rings. The molecule has 0 aliphatic heterocycles. The van der Waals surface area contributed by atoms with E-state index >= 15 is 0 Å². The second kappa shape index (κ2) is 6.31. The Morgan fingerprint density at radius 3 is 2.33 bits per heavy atom. The number of para-hydroxylation sites is 1. The van der Waals surface area contributed by atoms with E-state index in [4.69, 9.17) is 0 Å². The quantitative estimate of drug-likeness (QED) is 0.908. The van der Waals surface area contributed by atoms with Gasteiger partial charge in [0, 0.05) is 12.6 Å². The van der Waals surface area contributed by atoms with Gasteiger partial charge in [-0.05, 0) is 30.7 Å². The Hall–Kier alpha value is -2.49. The van der Waals surface area contributed by atoms with Gasteiger partial charge < -0.3 is 15.1 Å². The van der Waals surface area contributed by atoms with Crippen molar-refractivity contribution in [1.29, 1.82) is 0 Å². The molecule has 2 aromatic rings. The molecule has 2 rings (SSSR count). The van der Waals surface area contributed by atoms with E-state index in [0.29, 0.717) is 0 Å². The van der Waals surface area contributed by atoms with Gasteiger partial charge >= 0.3 is 0 Å². The number of carbonyl (C=O) groups excluding carboxylic acids is 1. The Bertz CT molecular complexity index is 622. The van der Waals surface area contributed by atoms with Gasteiger partial charge in [0.15, 0.2) is 0 Å². The molecule has 0 saturated heterocycles. The summed E-state index contributed by atoms with van der Waals surface area (Å²) in [5.41, 5.74) is 1.56. The van der Waals surface area contributed by atoms with E-state index in [1.54, 1.807) is 48.3 Å². The minimum Gasteiger partial charge on any atom is -0.508 e. The molecular formula is C17H19NO3. The summed E-state index contributed by atoms with van der Waals surface area (Å²) in [7, 11) is 1.72. The van der Waals surface area contributed by atoms with Gasteiger partial charge in [0.25, 0.3) is 0 Å². The Kier molecular flexibility index (Phi) is 4.48. The van der Waals surface area contributed by atoms with Crippen LogP contribution in [0.2, 0.25) is 0 Å². The molecule has 0 spiro atoms. The van der Waals surface area contributed by atoms with Gasteiger partial charge in [-0.1, -0.05) is 30.3 Å². The van der Waals surface area contributed by atoms with Crippen molar-refractivity contribution in [2.45, 2.75) is 19.4 Å². The van der Waals surface area contributed by atoms with Crippen molar-refractivity contribution < 1.29 is 15.0 Å². The largest absolute Gasteiger partial charge is 0.508 e. The van der Waals surface area contributed by atoms with Crippen LogP contribution in [0.4, 0.5) is 0 Å². The maximum atomic E-state index is 12.3. The summed E-state index contributed by atoms with van der Waals surface area (Å²) in [6, 6.07) is 13.4. The van der Waals surface area contributed by atoms with E-state index in [-0.39, 0.29) is 29.9 Å². The average molecular weight is 285 g/mol. The van der Waals surface area contributed by atoms with Crippen LogP contribution in [-0.2, 0) is 11.2 Å². The predicted molar refractivity (Wildman–Crippen MR) is 81.1 cm³/mol. The minimum absolute atomic E-state index is 0.0450. The second-order valence-corrected chi connectivity index (χ2v) is 5.08. The van der Waals surface area contributed by atoms with E-state index in [0.717, 1.165) is 11.1 Å². The van der Waals surface area contributed by atoms with Crippen LogP contribution in [0.15, 0.2) is 48.5 Å². The third-order valence-corrected chi connectivity index (χ3v) is 3.65. The van der Waals surface area contributed by atoms with Crippen LogP contribution < -0.4 is 0 Å². The smallest absolute Gasteiger partial charge is 0.227 e. The Balaban J connectivity index is 2.08. The lowest BCUT2D eigenvalue weighted by molar-refractivity contribution is -0.131. The molecule has 2 aromatic carbocycles. The van der Waals surface area contributed by atoms with Crippen molar-refractivity contribution in [2.24, 2.45) is 0 Å². The highest BCUT2D eigenvalue weighted by molar-refractivity contribution is 5.79. The molecule has 1 unspecified atom stereocenters. The summed E-state index contributed by atoms with van der Waals surface area (Å²) in [5.74, 6) is 0.327. The summed E-state index contributed by atoms with van der Waals surface area (Å²) >= 11 is 0. The lowest BCUT2D eigenvalue weighted by Crippen LogP contribution is -2.31. The topological polar surface area (TPSA) is 60.8 Å². The Labute approximate surface area is 124 Å². The van der Waals surface area contributed by atoms with Crippen LogP contribution in [0.25, 0.3) is 0 Å². The molecular weight excluding hydrogens is 266 g/mol. The van der Waals surface area contributed by atoms with E-state index in [1.807, 2.05) is 19.1 Å². The van der Waals surface area contributed by atoms with E-state index in [1.165, 1.54) is 0 Å². The molecule has 0 bridgehead atoms. The maximum Gasteiger partial charge on any atom is 0.227 e. The fourth-order valence-corrected chi connectivity index (χ4v) is 2.18. The number of rotatable bonds is 4. The van der Waals surface area contributed by atoms with Crippen LogP contribution in [-0.4, -0.2) is 28.1 Å². The van der Waals surface area contributed by atoms with E-state index in [9.17, 15) is 15.0 Å². The minimum atomic E-state index is -0.212. The zero-order valence-corrected chi connectivity index (χ0v) is 12.2. The molecule has 0 heterocycles. The first-order chi connectivity index (χ1) is 9.99. The number of carbonyl (C=O) groups is 1. The van der Waals surface area contributed by atoms with Crippen LogP contribution in [0, 0.1) is 0 Å². The summed E-state index contributed by atoms with van der Waals surface area (Å²) in [5, 5.41) is 19.1. The zero-order valence-electron chi connectivity index (χ0n) is 12.2. The highest BCUT2D eigenvalue weighted by atomic mass is 16.3. The second-order valence-electron chi connectivity index (χ2n) is 5.08. The third kappa shape index (κ3) is 3.54. The molecule has 2 N–H and O–H groups in total. The van der Waals surface area contributed by atoms with Crippen molar-refractivity contribution in [3.63, 3.8) is 0 Å². The van der Waals surface area contributed by atoms with Gasteiger partial charge in [0.2, 0.25) is 5.91 Å². The summed E-state index contributed by atoms with van der Waals surface area (Å²) in [6.45, 7) is 1.88. The van der Waals surface area contributed by atoms with Gasteiger partial charge in [0.1, 0.15) is 11.5 Å². The van der Waals surface area contributed by atoms with Crippen LogP contribution in [0.1, 0.15) is 24.1 Å². The number of nitrogens with zero attached hydrogens (tertiary/aromatic N) is 1. The number of aromatic hydroxyl groups is 2. The number of amides is 1. The molecule has 0 fully saturated rings. The number of hydrogen-bond donors (Lipinski definition) is 2. The summed E-state index contributed by atoms with van der Waals surface area (Å²) in [6.07, 6.45) is 0.259. The number of hydrogen-bond acceptors (Lipinski definition) is 3. The fourth-order valence-electron chi connectivity index (χ4n) is 2.18. The van der Waals surface area contributed by atoms with Gasteiger partial charge in [-0.15, -0.1) is 0 Å². The average Bonchev–Trinajstić information content (AvgIpc) is 2.48. The normalized spacial score (nSPS) is 11.9. The van der Waals surface area contributed by atoms with Gasteiger partial charge in [0.05, 0.1) is 12.5 Å². The van der Waals surface area contributed by atoms with Crippen LogP contribution >= 0.6 is 0 Å². The van der Waals surface area contributed by atoms with E-state index in [2.05, 4.69) is 0 Å². The molecule has 4 nitrogen and oxygen atoms in total. The molecule has 0 aromatic heterocycles. The van der Waals surface area contributed by atoms with Crippen LogP contribution in [0.3, 0.4) is 0 Å². The molecule has 0 saturated carbocycles. The van der Waals surface area contributed by atoms with Crippen molar-refractivity contribution >= 4 is 5.91 Å². The first kappa shape index (κ1) is 14.9. The molecule has 1 atom stereocenters. The first-order valence-corrected chi connectivity index (χ1v) is 6.80. The highest BCUT2D eigenvalue weighted by Crippen LogP contribution is 2.27. The zero-order chi connectivity index (χ0) is 15.4. The predicted octanol–water partition coefficient (Wildman–Crippen LogP) is 2.86. The molecule has 21 heavy (non-hydrogen) atoms. The standard InChI is InChI=1S/C17H19NO3/c1-12(15-5-3-4-6-16(15)20)18(2)17(21)11-13-7-9-14(19)10-8-13/h3-10,12,19-20H,11H2,1-2H3. The lowest BCUT2D eigenvalue weighted by Gasteiger charge is -2.26. The number of likely N-dealkylation sites (N-methyl/N-ethyl adjacent to an activating group) is 1. The van der Waals surface area contributed by atoms with Gasteiger partial charge in [-0.2, -0.15) is 0 Å². The monoisotopic (exact) mass is 285 g/mol. The highest BCUT2D eigenvalue weighted by Gasteiger charge is 2.19. The van der Waals surface area contributed by atoms with Gasteiger partial charge in [-0.3, -0.25) is 4.79 Å². The fraction of sp³-hybridized carbons (Fsp3) is 0.235. The van der Waals surface area contributed by atoms with Crippen molar-refractivity contribution in [1.82, 2.24) is 4.90 Å². The summed E-state index contributed by atoms with van der Waals surface area (Å²) < 4.78 is 0. The molecule has 110 valence electrons. The molecule has 0 aliphatic carbocycles. The number of benzene rings is 2. The van der Waals surface area contributed by atoms with Gasteiger partial charge in [-0.25, -0.2) is 0 Å². The molecule has 0 radical (unpaired) electrons. The molecule has 1 amide bonds. The van der Waals surface area contributed by atoms with E-state index < -0.39 is 0 Å². The maximum absolute atomic E-state index is 12.3. The third-order valence-electron chi connectivity index (χ3n) is 3.65. The first-order valence-electron chi connectivity index (χ1n) is 6.80.